The van der Waals surface area contributed by atoms with Crippen molar-refractivity contribution < 1.29 is 14.7 Å². The lowest BCUT2D eigenvalue weighted by molar-refractivity contribution is -0.141. The summed E-state index contributed by atoms with van der Waals surface area (Å²) in [4.78, 5) is 25.4. The highest BCUT2D eigenvalue weighted by Crippen LogP contribution is 2.33. The number of carbonyl (C=O) groups excluding carboxylic acids is 1. The second-order valence-electron chi connectivity index (χ2n) is 7.05. The standard InChI is InChI=1S/C16H28N2O3/c1-12-4-2-8-16(17,10-12)15(21)18-9-3-5-13(11-18)6-7-14(19)20/h12-13H,2-11,17H2,1H3,(H,19,20). The Kier molecular flexibility index (Phi) is 5.25. The Morgan fingerprint density at radius 2 is 2.10 bits per heavy atom. The molecule has 0 aromatic rings. The highest BCUT2D eigenvalue weighted by molar-refractivity contribution is 5.86. The van der Waals surface area contributed by atoms with Gasteiger partial charge >= 0.3 is 5.97 Å². The molecule has 5 nitrogen and oxygen atoms in total. The van der Waals surface area contributed by atoms with Gasteiger partial charge in [-0.05, 0) is 43.9 Å². The van der Waals surface area contributed by atoms with Crippen molar-refractivity contribution in [1.29, 1.82) is 0 Å². The number of amides is 1. The van der Waals surface area contributed by atoms with E-state index in [2.05, 4.69) is 6.92 Å². The van der Waals surface area contributed by atoms with Crippen molar-refractivity contribution in [1.82, 2.24) is 4.90 Å². The van der Waals surface area contributed by atoms with Crippen molar-refractivity contribution in [3.8, 4) is 0 Å². The number of likely N-dealkylation sites (tertiary alicyclic amines) is 1. The van der Waals surface area contributed by atoms with Crippen LogP contribution in [0.1, 0.15) is 58.3 Å². The first-order valence-corrected chi connectivity index (χ1v) is 8.21. The largest absolute Gasteiger partial charge is 0.481 e. The Morgan fingerprint density at radius 1 is 1.33 bits per heavy atom. The zero-order chi connectivity index (χ0) is 15.5. The van der Waals surface area contributed by atoms with Crippen LogP contribution in [-0.4, -0.2) is 40.5 Å². The monoisotopic (exact) mass is 296 g/mol. The molecular formula is C16H28N2O3. The summed E-state index contributed by atoms with van der Waals surface area (Å²) in [6.07, 6.45) is 6.58. The molecule has 3 unspecified atom stereocenters. The van der Waals surface area contributed by atoms with Gasteiger partial charge in [-0.3, -0.25) is 9.59 Å². The van der Waals surface area contributed by atoms with Crippen molar-refractivity contribution in [3.05, 3.63) is 0 Å². The first kappa shape index (κ1) is 16.3. The Bertz CT molecular complexity index is 399. The molecule has 0 bridgehead atoms. The number of nitrogens with two attached hydrogens (primary N) is 1. The minimum atomic E-state index is -0.755. The topological polar surface area (TPSA) is 83.6 Å². The molecule has 21 heavy (non-hydrogen) atoms. The molecule has 3 atom stereocenters. The second kappa shape index (κ2) is 6.77. The van der Waals surface area contributed by atoms with Crippen molar-refractivity contribution >= 4 is 11.9 Å². The lowest BCUT2D eigenvalue weighted by atomic mass is 9.76. The Hall–Kier alpha value is -1.10. The minimum absolute atomic E-state index is 0.0917. The first-order chi connectivity index (χ1) is 9.90. The van der Waals surface area contributed by atoms with Crippen LogP contribution < -0.4 is 5.73 Å². The molecular weight excluding hydrogens is 268 g/mol. The van der Waals surface area contributed by atoms with Gasteiger partial charge in [0.05, 0.1) is 5.54 Å². The van der Waals surface area contributed by atoms with Crippen molar-refractivity contribution in [2.24, 2.45) is 17.6 Å². The van der Waals surface area contributed by atoms with Crippen molar-refractivity contribution in [2.45, 2.75) is 63.8 Å². The Morgan fingerprint density at radius 3 is 2.76 bits per heavy atom. The summed E-state index contributed by atoms with van der Waals surface area (Å²) < 4.78 is 0. The van der Waals surface area contributed by atoms with Gasteiger partial charge in [0, 0.05) is 19.5 Å². The maximum absolute atomic E-state index is 12.8. The van der Waals surface area contributed by atoms with Gasteiger partial charge in [-0.1, -0.05) is 19.8 Å². The number of piperidine rings is 1. The fourth-order valence-electron chi connectivity index (χ4n) is 3.91. The zero-order valence-corrected chi connectivity index (χ0v) is 13.0. The molecule has 1 aliphatic carbocycles. The van der Waals surface area contributed by atoms with Gasteiger partial charge in [0.1, 0.15) is 0 Å². The Balaban J connectivity index is 1.93. The second-order valence-corrected chi connectivity index (χ2v) is 7.05. The van der Waals surface area contributed by atoms with Gasteiger partial charge in [-0.15, -0.1) is 0 Å². The minimum Gasteiger partial charge on any atom is -0.481 e. The summed E-state index contributed by atoms with van der Waals surface area (Å²) in [6.45, 7) is 3.62. The molecule has 2 fully saturated rings. The first-order valence-electron chi connectivity index (χ1n) is 8.21. The summed E-state index contributed by atoms with van der Waals surface area (Å²) in [5.41, 5.74) is 5.72. The highest BCUT2D eigenvalue weighted by atomic mass is 16.4. The average Bonchev–Trinajstić information content (AvgIpc) is 2.44. The molecule has 0 aromatic carbocycles. The van der Waals surface area contributed by atoms with E-state index < -0.39 is 11.5 Å². The number of carboxylic acid groups (broad SMARTS) is 1. The smallest absolute Gasteiger partial charge is 0.303 e. The summed E-state index contributed by atoms with van der Waals surface area (Å²) in [7, 11) is 0. The summed E-state index contributed by atoms with van der Waals surface area (Å²) in [6, 6.07) is 0. The van der Waals surface area contributed by atoms with Crippen LogP contribution in [0.3, 0.4) is 0 Å². The summed E-state index contributed by atoms with van der Waals surface area (Å²) >= 11 is 0. The number of carboxylic acids is 1. The number of carbonyl (C=O) groups is 2. The molecule has 3 N–H and O–H groups in total. The maximum atomic E-state index is 12.8. The fourth-order valence-corrected chi connectivity index (χ4v) is 3.91. The number of rotatable bonds is 4. The van der Waals surface area contributed by atoms with Gasteiger partial charge in [-0.2, -0.15) is 0 Å². The summed E-state index contributed by atoms with van der Waals surface area (Å²) in [5, 5.41) is 8.79. The average molecular weight is 296 g/mol. The Labute approximate surface area is 126 Å². The third-order valence-electron chi connectivity index (χ3n) is 5.03. The molecule has 5 heteroatoms. The normalized spacial score (nSPS) is 33.7. The maximum Gasteiger partial charge on any atom is 0.303 e. The van der Waals surface area contributed by atoms with Crippen LogP contribution in [0, 0.1) is 11.8 Å². The van der Waals surface area contributed by atoms with Crippen molar-refractivity contribution in [3.63, 3.8) is 0 Å². The van der Waals surface area contributed by atoms with E-state index in [0.717, 1.165) is 45.1 Å². The molecule has 120 valence electrons. The molecule has 1 saturated heterocycles. The fraction of sp³-hybridized carbons (Fsp3) is 0.875. The zero-order valence-electron chi connectivity index (χ0n) is 13.0. The molecule has 0 aromatic heterocycles. The third-order valence-corrected chi connectivity index (χ3v) is 5.03. The molecule has 0 spiro atoms. The molecule has 2 rings (SSSR count). The predicted molar refractivity (Wildman–Crippen MR) is 80.7 cm³/mol. The van der Waals surface area contributed by atoms with Gasteiger partial charge in [0.15, 0.2) is 0 Å². The third kappa shape index (κ3) is 4.19. The van der Waals surface area contributed by atoms with E-state index in [4.69, 9.17) is 10.8 Å². The van der Waals surface area contributed by atoms with Gasteiger partial charge in [0.2, 0.25) is 5.91 Å². The van der Waals surface area contributed by atoms with Crippen LogP contribution in [0.5, 0.6) is 0 Å². The van der Waals surface area contributed by atoms with Crippen LogP contribution in [0.25, 0.3) is 0 Å². The van der Waals surface area contributed by atoms with E-state index in [9.17, 15) is 9.59 Å². The summed E-state index contributed by atoms with van der Waals surface area (Å²) in [5.74, 6) is 0.160. The molecule has 1 aliphatic heterocycles. The number of aliphatic carboxylic acids is 1. The lowest BCUT2D eigenvalue weighted by Crippen LogP contribution is -2.59. The van der Waals surface area contributed by atoms with Crippen LogP contribution in [0.15, 0.2) is 0 Å². The SMILES string of the molecule is CC1CCCC(N)(C(=O)N2CCCC(CCC(=O)O)C2)C1. The lowest BCUT2D eigenvalue weighted by Gasteiger charge is -2.42. The van der Waals surface area contributed by atoms with E-state index in [1.807, 2.05) is 4.90 Å². The van der Waals surface area contributed by atoms with Crippen LogP contribution in [0.2, 0.25) is 0 Å². The molecule has 0 radical (unpaired) electrons. The van der Waals surface area contributed by atoms with Crippen LogP contribution in [0.4, 0.5) is 0 Å². The van der Waals surface area contributed by atoms with Gasteiger partial charge < -0.3 is 15.7 Å². The van der Waals surface area contributed by atoms with Gasteiger partial charge in [-0.25, -0.2) is 0 Å². The van der Waals surface area contributed by atoms with E-state index in [-0.39, 0.29) is 12.3 Å². The van der Waals surface area contributed by atoms with E-state index in [1.54, 1.807) is 0 Å². The highest BCUT2D eigenvalue weighted by Gasteiger charge is 2.41. The van der Waals surface area contributed by atoms with E-state index >= 15 is 0 Å². The molecule has 1 saturated carbocycles. The van der Waals surface area contributed by atoms with Crippen LogP contribution in [-0.2, 0) is 9.59 Å². The number of hydrogen-bond acceptors (Lipinski definition) is 3. The van der Waals surface area contributed by atoms with Crippen LogP contribution >= 0.6 is 0 Å². The van der Waals surface area contributed by atoms with E-state index in [0.29, 0.717) is 24.8 Å². The number of hydrogen-bond donors (Lipinski definition) is 2. The molecule has 1 heterocycles. The van der Waals surface area contributed by atoms with Gasteiger partial charge in [0.25, 0.3) is 0 Å². The quantitative estimate of drug-likeness (QED) is 0.831. The predicted octanol–water partition coefficient (Wildman–Crippen LogP) is 2.00. The van der Waals surface area contributed by atoms with E-state index in [1.165, 1.54) is 0 Å². The van der Waals surface area contributed by atoms with Crippen molar-refractivity contribution in [2.75, 3.05) is 13.1 Å². The number of nitrogens with zero attached hydrogens (tertiary/aromatic N) is 1. The molecule has 2 aliphatic rings. The molecule has 1 amide bonds.